The third kappa shape index (κ3) is 6.23. The number of carbonyl (C=O) groups is 2. The first kappa shape index (κ1) is 18.1. The lowest BCUT2D eigenvalue weighted by atomic mass is 10.2. The van der Waals surface area contributed by atoms with Gasteiger partial charge in [-0.15, -0.1) is 0 Å². The van der Waals surface area contributed by atoms with Crippen molar-refractivity contribution in [3.8, 4) is 0 Å². The van der Waals surface area contributed by atoms with E-state index in [-0.39, 0.29) is 19.0 Å². The van der Waals surface area contributed by atoms with E-state index >= 15 is 0 Å². The molecule has 2 amide bonds. The van der Waals surface area contributed by atoms with Gasteiger partial charge in [0.15, 0.2) is 0 Å². The van der Waals surface area contributed by atoms with Crippen LogP contribution in [-0.4, -0.2) is 43.9 Å². The average molecular weight is 327 g/mol. The van der Waals surface area contributed by atoms with Crippen LogP contribution in [0.1, 0.15) is 20.3 Å². The Labute approximate surface area is 130 Å². The highest BCUT2D eigenvalue weighted by Crippen LogP contribution is 2.15. The fraction of sp³-hybridized carbons (Fsp3) is 0.429. The molecule has 0 bridgehead atoms. The molecule has 1 rings (SSSR count). The molecule has 7 nitrogen and oxygen atoms in total. The molecule has 0 heterocycles. The molecule has 122 valence electrons. The highest BCUT2D eigenvalue weighted by molar-refractivity contribution is 7.88. The third-order valence-corrected chi connectivity index (χ3v) is 3.98. The van der Waals surface area contributed by atoms with Crippen molar-refractivity contribution in [2.24, 2.45) is 0 Å². The van der Waals surface area contributed by atoms with Gasteiger partial charge in [-0.2, -0.15) is 4.31 Å². The second-order valence-corrected chi connectivity index (χ2v) is 6.89. The maximum atomic E-state index is 12.0. The predicted molar refractivity (Wildman–Crippen MR) is 86.1 cm³/mol. The molecule has 0 aliphatic carbocycles. The predicted octanol–water partition coefficient (Wildman–Crippen LogP) is 1.26. The highest BCUT2D eigenvalue weighted by atomic mass is 32.2. The van der Waals surface area contributed by atoms with Crippen molar-refractivity contribution in [3.05, 3.63) is 24.3 Å². The summed E-state index contributed by atoms with van der Waals surface area (Å²) in [7, 11) is -3.42. The normalized spacial score (nSPS) is 11.3. The second-order valence-electron chi connectivity index (χ2n) is 4.91. The van der Waals surface area contributed by atoms with E-state index in [0.717, 1.165) is 10.6 Å². The molecule has 8 heteroatoms. The van der Waals surface area contributed by atoms with Gasteiger partial charge in [-0.25, -0.2) is 8.42 Å². The van der Waals surface area contributed by atoms with Gasteiger partial charge in [0, 0.05) is 24.8 Å². The Morgan fingerprint density at radius 3 is 2.27 bits per heavy atom. The first-order valence-electron chi connectivity index (χ1n) is 6.85. The molecule has 0 unspecified atom stereocenters. The number of sulfonamides is 1. The lowest BCUT2D eigenvalue weighted by Gasteiger charge is -2.18. The van der Waals surface area contributed by atoms with Crippen molar-refractivity contribution in [2.75, 3.05) is 30.0 Å². The SMILES string of the molecule is CCCN(CC(=O)Nc1cccc(NC(C)=O)c1)S(C)(=O)=O. The van der Waals surface area contributed by atoms with E-state index < -0.39 is 15.9 Å². The van der Waals surface area contributed by atoms with Crippen molar-refractivity contribution in [2.45, 2.75) is 20.3 Å². The Bertz CT molecular complexity index is 643. The minimum Gasteiger partial charge on any atom is -0.326 e. The maximum Gasteiger partial charge on any atom is 0.239 e. The molecule has 0 fully saturated rings. The van der Waals surface area contributed by atoms with Gasteiger partial charge < -0.3 is 10.6 Å². The molecule has 0 aromatic heterocycles. The molecule has 0 atom stereocenters. The summed E-state index contributed by atoms with van der Waals surface area (Å²) >= 11 is 0. The lowest BCUT2D eigenvalue weighted by Crippen LogP contribution is -2.37. The van der Waals surface area contributed by atoms with Gasteiger partial charge in [0.1, 0.15) is 0 Å². The Kier molecular flexibility index (Phi) is 6.51. The first-order valence-corrected chi connectivity index (χ1v) is 8.70. The Morgan fingerprint density at radius 2 is 1.77 bits per heavy atom. The van der Waals surface area contributed by atoms with Crippen LogP contribution in [0.25, 0.3) is 0 Å². The molecule has 0 spiro atoms. The summed E-state index contributed by atoms with van der Waals surface area (Å²) in [5.74, 6) is -0.645. The molecule has 0 radical (unpaired) electrons. The van der Waals surface area contributed by atoms with E-state index in [4.69, 9.17) is 0 Å². The Hall–Kier alpha value is -1.93. The summed E-state index contributed by atoms with van der Waals surface area (Å²) < 4.78 is 24.3. The van der Waals surface area contributed by atoms with Crippen molar-refractivity contribution < 1.29 is 18.0 Å². The van der Waals surface area contributed by atoms with Gasteiger partial charge in [-0.3, -0.25) is 9.59 Å². The van der Waals surface area contributed by atoms with Crippen molar-refractivity contribution in [3.63, 3.8) is 0 Å². The number of hydrogen-bond acceptors (Lipinski definition) is 4. The number of benzene rings is 1. The van der Waals surface area contributed by atoms with Gasteiger partial charge in [-0.1, -0.05) is 13.0 Å². The largest absolute Gasteiger partial charge is 0.326 e. The first-order chi connectivity index (χ1) is 10.2. The minimum atomic E-state index is -3.42. The van der Waals surface area contributed by atoms with Crippen LogP contribution in [0.3, 0.4) is 0 Å². The Balaban J connectivity index is 2.73. The van der Waals surface area contributed by atoms with Crippen LogP contribution in [0, 0.1) is 0 Å². The number of nitrogens with zero attached hydrogens (tertiary/aromatic N) is 1. The summed E-state index contributed by atoms with van der Waals surface area (Å²) in [6, 6.07) is 6.63. The fourth-order valence-electron chi connectivity index (χ4n) is 1.85. The zero-order valence-corrected chi connectivity index (χ0v) is 13.7. The van der Waals surface area contributed by atoms with Crippen LogP contribution in [-0.2, 0) is 19.6 Å². The minimum absolute atomic E-state index is 0.213. The highest BCUT2D eigenvalue weighted by Gasteiger charge is 2.19. The second kappa shape index (κ2) is 7.90. The summed E-state index contributed by atoms with van der Waals surface area (Å²) in [5, 5.41) is 5.23. The van der Waals surface area contributed by atoms with Crippen LogP contribution in [0.5, 0.6) is 0 Å². The number of anilines is 2. The number of carbonyl (C=O) groups excluding carboxylic acids is 2. The summed E-state index contributed by atoms with van der Waals surface area (Å²) in [6.07, 6.45) is 1.70. The lowest BCUT2D eigenvalue weighted by molar-refractivity contribution is -0.116. The molecule has 0 aliphatic heterocycles. The zero-order valence-electron chi connectivity index (χ0n) is 12.9. The van der Waals surface area contributed by atoms with Crippen LogP contribution in [0.2, 0.25) is 0 Å². The van der Waals surface area contributed by atoms with Gasteiger partial charge in [-0.05, 0) is 24.6 Å². The quantitative estimate of drug-likeness (QED) is 0.788. The monoisotopic (exact) mass is 327 g/mol. The molecular formula is C14H21N3O4S. The van der Waals surface area contributed by atoms with E-state index in [1.165, 1.54) is 6.92 Å². The van der Waals surface area contributed by atoms with E-state index in [9.17, 15) is 18.0 Å². The molecule has 0 saturated carbocycles. The Morgan fingerprint density at radius 1 is 1.18 bits per heavy atom. The number of nitrogens with one attached hydrogen (secondary N) is 2. The average Bonchev–Trinajstić information content (AvgIpc) is 2.36. The van der Waals surface area contributed by atoms with Gasteiger partial charge in [0.05, 0.1) is 12.8 Å². The third-order valence-electron chi connectivity index (χ3n) is 2.73. The van der Waals surface area contributed by atoms with Gasteiger partial charge in [0.25, 0.3) is 0 Å². The van der Waals surface area contributed by atoms with Crippen molar-refractivity contribution in [1.82, 2.24) is 4.31 Å². The molecule has 0 aliphatic rings. The molecular weight excluding hydrogens is 306 g/mol. The molecule has 1 aromatic rings. The van der Waals surface area contributed by atoms with E-state index in [1.807, 2.05) is 6.92 Å². The smallest absolute Gasteiger partial charge is 0.239 e. The van der Waals surface area contributed by atoms with Crippen LogP contribution in [0.4, 0.5) is 11.4 Å². The van der Waals surface area contributed by atoms with Crippen molar-refractivity contribution in [1.29, 1.82) is 0 Å². The number of rotatable bonds is 7. The van der Waals surface area contributed by atoms with Crippen LogP contribution < -0.4 is 10.6 Å². The van der Waals surface area contributed by atoms with Gasteiger partial charge in [0.2, 0.25) is 21.8 Å². The molecule has 2 N–H and O–H groups in total. The summed E-state index contributed by atoms with van der Waals surface area (Å²) in [5.41, 5.74) is 1.04. The number of amides is 2. The zero-order chi connectivity index (χ0) is 16.8. The summed E-state index contributed by atoms with van der Waals surface area (Å²) in [4.78, 5) is 23.0. The summed E-state index contributed by atoms with van der Waals surface area (Å²) in [6.45, 7) is 3.28. The van der Waals surface area contributed by atoms with Crippen molar-refractivity contribution >= 4 is 33.2 Å². The fourth-order valence-corrected chi connectivity index (χ4v) is 2.72. The standard InChI is InChI=1S/C14H21N3O4S/c1-4-8-17(22(3,20)21)10-14(19)16-13-7-5-6-12(9-13)15-11(2)18/h5-7,9H,4,8,10H2,1-3H3,(H,15,18)(H,16,19). The molecule has 0 saturated heterocycles. The topological polar surface area (TPSA) is 95.6 Å². The van der Waals surface area contributed by atoms with Crippen LogP contribution in [0.15, 0.2) is 24.3 Å². The maximum absolute atomic E-state index is 12.0. The van der Waals surface area contributed by atoms with E-state index in [0.29, 0.717) is 17.8 Å². The van der Waals surface area contributed by atoms with Gasteiger partial charge >= 0.3 is 0 Å². The molecule has 1 aromatic carbocycles. The van der Waals surface area contributed by atoms with E-state index in [2.05, 4.69) is 10.6 Å². The molecule has 22 heavy (non-hydrogen) atoms. The number of hydrogen-bond donors (Lipinski definition) is 2. The van der Waals surface area contributed by atoms with E-state index in [1.54, 1.807) is 24.3 Å². The van der Waals surface area contributed by atoms with Crippen LogP contribution >= 0.6 is 0 Å².